The Hall–Kier alpha value is -2.69. The monoisotopic (exact) mass is 353 g/mol. The highest BCUT2D eigenvalue weighted by molar-refractivity contribution is 6.01. The minimum absolute atomic E-state index is 0.210. The summed E-state index contributed by atoms with van der Waals surface area (Å²) in [6.07, 6.45) is 9.64. The van der Waals surface area contributed by atoms with Crippen molar-refractivity contribution in [1.82, 2.24) is 0 Å². The lowest BCUT2D eigenvalue weighted by Crippen LogP contribution is -2.43. The van der Waals surface area contributed by atoms with E-state index in [4.69, 9.17) is 9.47 Å². The van der Waals surface area contributed by atoms with Crippen molar-refractivity contribution in [2.75, 3.05) is 14.2 Å². The molecule has 1 aromatic carbocycles. The molecule has 3 rings (SSSR count). The first-order valence-corrected chi connectivity index (χ1v) is 8.63. The minimum Gasteiger partial charge on any atom is -0.468 e. The van der Waals surface area contributed by atoms with Crippen molar-refractivity contribution in [2.24, 2.45) is 10.4 Å². The van der Waals surface area contributed by atoms with Crippen LogP contribution in [0, 0.1) is 5.41 Å². The van der Waals surface area contributed by atoms with Gasteiger partial charge in [-0.25, -0.2) is 0 Å². The molecule has 0 saturated carbocycles. The number of rotatable bonds is 4. The van der Waals surface area contributed by atoms with E-state index >= 15 is 0 Å². The fraction of sp³-hybridized carbons (Fsp3) is 0.381. The van der Waals surface area contributed by atoms with Gasteiger partial charge in [-0.3, -0.25) is 14.6 Å². The Bertz CT molecular complexity index is 792. The second-order valence-electron chi connectivity index (χ2n) is 6.84. The predicted molar refractivity (Wildman–Crippen MR) is 99.6 cm³/mol. The molecule has 2 aliphatic rings. The normalized spacial score (nSPS) is 23.8. The number of benzene rings is 1. The zero-order valence-corrected chi connectivity index (χ0v) is 15.2. The topological polar surface area (TPSA) is 65.0 Å². The molecule has 0 fully saturated rings. The number of nitrogens with zero attached hydrogens (tertiary/aromatic N) is 1. The van der Waals surface area contributed by atoms with Crippen LogP contribution in [0.4, 0.5) is 5.69 Å². The summed E-state index contributed by atoms with van der Waals surface area (Å²) in [7, 11) is 2.59. The quantitative estimate of drug-likeness (QED) is 0.472. The van der Waals surface area contributed by atoms with Crippen LogP contribution in [0.25, 0.3) is 0 Å². The summed E-state index contributed by atoms with van der Waals surface area (Å²) >= 11 is 0. The molecule has 0 amide bonds. The van der Waals surface area contributed by atoms with Crippen molar-refractivity contribution in [3.8, 4) is 0 Å². The third-order valence-electron chi connectivity index (χ3n) is 5.35. The van der Waals surface area contributed by atoms with Crippen molar-refractivity contribution >= 4 is 23.8 Å². The molecule has 1 aliphatic heterocycles. The molecule has 0 spiro atoms. The van der Waals surface area contributed by atoms with Crippen LogP contribution >= 0.6 is 0 Å². The largest absolute Gasteiger partial charge is 0.468 e. The van der Waals surface area contributed by atoms with Gasteiger partial charge in [0, 0.05) is 11.6 Å². The zero-order valence-electron chi connectivity index (χ0n) is 15.2. The molecule has 26 heavy (non-hydrogen) atoms. The maximum atomic E-state index is 12.7. The standard InChI is InChI=1S/C21H23NO4/c1-4-10-20-11-5-6-12-21(18(23)25-2,19(24)26-3)13-15-8-7-9-16(17(15)20)22-14-20/h4-9,14H,1,10-13H2,2-3H3/b6-5-. The molecular weight excluding hydrogens is 330 g/mol. The number of methoxy groups -OCH3 is 2. The number of carbonyl (C=O) groups excluding carboxylic acids is 2. The number of allylic oxidation sites excluding steroid dienone is 3. The fourth-order valence-corrected chi connectivity index (χ4v) is 4.08. The molecule has 0 saturated heterocycles. The molecule has 5 heteroatoms. The number of hydrogen-bond acceptors (Lipinski definition) is 5. The van der Waals surface area contributed by atoms with Gasteiger partial charge in [-0.2, -0.15) is 0 Å². The van der Waals surface area contributed by atoms with E-state index in [1.165, 1.54) is 14.2 Å². The van der Waals surface area contributed by atoms with E-state index in [1.807, 2.05) is 42.6 Å². The van der Waals surface area contributed by atoms with Crippen LogP contribution in [0.1, 0.15) is 30.4 Å². The van der Waals surface area contributed by atoms with Gasteiger partial charge >= 0.3 is 11.9 Å². The van der Waals surface area contributed by atoms with Gasteiger partial charge in [0.15, 0.2) is 5.41 Å². The maximum Gasteiger partial charge on any atom is 0.323 e. The van der Waals surface area contributed by atoms with Crippen LogP contribution < -0.4 is 0 Å². The maximum absolute atomic E-state index is 12.7. The van der Waals surface area contributed by atoms with E-state index in [0.29, 0.717) is 0 Å². The van der Waals surface area contributed by atoms with E-state index in [2.05, 4.69) is 11.6 Å². The average Bonchev–Trinajstić information content (AvgIpc) is 3.05. The molecule has 1 aromatic rings. The lowest BCUT2D eigenvalue weighted by Gasteiger charge is -2.30. The van der Waals surface area contributed by atoms with Crippen molar-refractivity contribution in [3.63, 3.8) is 0 Å². The third-order valence-corrected chi connectivity index (χ3v) is 5.35. The Labute approximate surface area is 153 Å². The van der Waals surface area contributed by atoms with Crippen LogP contribution in [0.5, 0.6) is 0 Å². The zero-order chi connectivity index (χ0) is 18.8. The summed E-state index contributed by atoms with van der Waals surface area (Å²) in [5.41, 5.74) is 1.15. The van der Waals surface area contributed by atoms with Gasteiger partial charge in [0.2, 0.25) is 0 Å². The summed E-state index contributed by atoms with van der Waals surface area (Å²) < 4.78 is 9.99. The van der Waals surface area contributed by atoms with Gasteiger partial charge in [-0.1, -0.05) is 30.4 Å². The number of ether oxygens (including phenoxy) is 2. The van der Waals surface area contributed by atoms with Crippen LogP contribution in [0.2, 0.25) is 0 Å². The molecule has 0 aromatic heterocycles. The van der Waals surface area contributed by atoms with Crippen molar-refractivity contribution in [3.05, 3.63) is 54.1 Å². The van der Waals surface area contributed by atoms with E-state index in [9.17, 15) is 9.59 Å². The molecule has 0 bridgehead atoms. The minimum atomic E-state index is -1.40. The van der Waals surface area contributed by atoms with Gasteiger partial charge in [-0.05, 0) is 42.9 Å². The summed E-state index contributed by atoms with van der Waals surface area (Å²) in [4.78, 5) is 29.9. The summed E-state index contributed by atoms with van der Waals surface area (Å²) in [6.45, 7) is 3.90. The van der Waals surface area contributed by atoms with Crippen molar-refractivity contribution in [2.45, 2.75) is 31.1 Å². The molecule has 1 aliphatic carbocycles. The Balaban J connectivity index is 2.21. The Kier molecular flexibility index (Phi) is 4.81. The number of hydrogen-bond donors (Lipinski definition) is 0. The van der Waals surface area contributed by atoms with Crippen molar-refractivity contribution < 1.29 is 19.1 Å². The Morgan fingerprint density at radius 1 is 1.19 bits per heavy atom. The highest BCUT2D eigenvalue weighted by Crippen LogP contribution is 2.47. The SMILES string of the molecule is C=CCC12C=Nc3cccc(c31)CC(C(=O)OC)(C(=O)OC)C/C=C\C2. The molecule has 0 radical (unpaired) electrons. The van der Waals surface area contributed by atoms with Crippen LogP contribution in [0.15, 0.2) is 48.0 Å². The van der Waals surface area contributed by atoms with Gasteiger partial charge in [0.05, 0.1) is 19.9 Å². The molecule has 0 N–H and O–H groups in total. The number of aliphatic imine (C=N–C) groups is 1. The van der Waals surface area contributed by atoms with E-state index < -0.39 is 17.4 Å². The first-order valence-electron chi connectivity index (χ1n) is 8.63. The van der Waals surface area contributed by atoms with Crippen LogP contribution in [-0.2, 0) is 30.9 Å². The van der Waals surface area contributed by atoms with E-state index in [1.54, 1.807) is 0 Å². The molecule has 1 heterocycles. The summed E-state index contributed by atoms with van der Waals surface area (Å²) in [5, 5.41) is 0. The third kappa shape index (κ3) is 2.68. The highest BCUT2D eigenvalue weighted by atomic mass is 16.5. The molecular formula is C21H23NO4. The number of carbonyl (C=O) groups is 2. The van der Waals surface area contributed by atoms with Crippen LogP contribution in [-0.4, -0.2) is 32.4 Å². The molecule has 1 atom stereocenters. The lowest BCUT2D eigenvalue weighted by molar-refractivity contribution is -0.168. The predicted octanol–water partition coefficient (Wildman–Crippen LogP) is 3.44. The van der Waals surface area contributed by atoms with E-state index in [-0.39, 0.29) is 18.3 Å². The average molecular weight is 353 g/mol. The molecule has 1 unspecified atom stereocenters. The highest BCUT2D eigenvalue weighted by Gasteiger charge is 2.50. The van der Waals surface area contributed by atoms with Crippen LogP contribution in [0.3, 0.4) is 0 Å². The number of esters is 2. The fourth-order valence-electron chi connectivity index (χ4n) is 4.08. The Morgan fingerprint density at radius 2 is 1.88 bits per heavy atom. The molecule has 136 valence electrons. The molecule has 5 nitrogen and oxygen atoms in total. The summed E-state index contributed by atoms with van der Waals surface area (Å²) in [5.74, 6) is -1.16. The lowest BCUT2D eigenvalue weighted by atomic mass is 9.72. The van der Waals surface area contributed by atoms with Gasteiger partial charge in [-0.15, -0.1) is 6.58 Å². The van der Waals surface area contributed by atoms with Gasteiger partial charge < -0.3 is 9.47 Å². The van der Waals surface area contributed by atoms with Gasteiger partial charge in [0.1, 0.15) is 0 Å². The van der Waals surface area contributed by atoms with E-state index in [0.717, 1.165) is 29.7 Å². The van der Waals surface area contributed by atoms with Crippen molar-refractivity contribution in [1.29, 1.82) is 0 Å². The second-order valence-corrected chi connectivity index (χ2v) is 6.84. The Morgan fingerprint density at radius 3 is 2.54 bits per heavy atom. The summed E-state index contributed by atoms with van der Waals surface area (Å²) in [6, 6.07) is 5.82. The van der Waals surface area contributed by atoms with Gasteiger partial charge in [0.25, 0.3) is 0 Å². The first kappa shape index (κ1) is 18.1. The second kappa shape index (κ2) is 6.90. The first-order chi connectivity index (χ1) is 12.5. The smallest absolute Gasteiger partial charge is 0.323 e.